The van der Waals surface area contributed by atoms with Crippen LogP contribution in [0.15, 0.2) is 22.7 Å². The zero-order valence-corrected chi connectivity index (χ0v) is 15.4. The van der Waals surface area contributed by atoms with Crippen LogP contribution in [0.1, 0.15) is 28.1 Å². The van der Waals surface area contributed by atoms with E-state index >= 15 is 0 Å². The van der Waals surface area contributed by atoms with Crippen LogP contribution in [0.25, 0.3) is 11.4 Å². The molecule has 3 heterocycles. The third-order valence-electron chi connectivity index (χ3n) is 4.14. The Morgan fingerprint density at radius 1 is 1.37 bits per heavy atom. The van der Waals surface area contributed by atoms with Crippen LogP contribution in [-0.4, -0.2) is 66.4 Å². The van der Waals surface area contributed by atoms with Gasteiger partial charge < -0.3 is 14.6 Å². The zero-order valence-electron chi connectivity index (χ0n) is 15.4. The van der Waals surface area contributed by atoms with Crippen molar-refractivity contribution in [3.05, 3.63) is 35.5 Å². The summed E-state index contributed by atoms with van der Waals surface area (Å²) >= 11 is 0. The van der Waals surface area contributed by atoms with Crippen molar-refractivity contribution >= 4 is 29.4 Å². The number of carbonyl (C=O) groups excluding carboxylic acids is 1. The molecule has 1 aliphatic heterocycles. The second-order valence-electron chi connectivity index (χ2n) is 7.37. The lowest BCUT2D eigenvalue weighted by Crippen LogP contribution is -2.30. The maximum atomic E-state index is 12.2. The molecular formula is C14H16B3N7O3. The average Bonchev–Trinajstić information content (AvgIpc) is 3.33. The number of hydrogen-bond acceptors (Lipinski definition) is 8. The Balaban J connectivity index is 1.54. The fourth-order valence-electron chi connectivity index (χ4n) is 2.71. The molecule has 2 aromatic heterocycles. The molecule has 0 bridgehead atoms. The minimum absolute atomic E-state index is 0.0177. The van der Waals surface area contributed by atoms with Crippen LogP contribution in [0.4, 0.5) is 0 Å². The van der Waals surface area contributed by atoms with Crippen LogP contribution in [0.5, 0.6) is 5.75 Å². The van der Waals surface area contributed by atoms with Crippen molar-refractivity contribution in [3.8, 4) is 17.1 Å². The summed E-state index contributed by atoms with van der Waals surface area (Å²) in [5.74, 6) is 1.36. The average molecular weight is 363 g/mol. The van der Waals surface area contributed by atoms with Crippen LogP contribution in [-0.2, 0) is 12.2 Å². The van der Waals surface area contributed by atoms with E-state index in [1.807, 2.05) is 41.7 Å². The number of nitrogens with zero attached hydrogens (tertiary/aromatic N) is 6. The molecule has 134 valence electrons. The molecule has 1 N–H and O–H groups in total. The summed E-state index contributed by atoms with van der Waals surface area (Å²) in [4.78, 5) is 17.9. The molecule has 0 saturated carbocycles. The van der Waals surface area contributed by atoms with E-state index in [4.69, 9.17) is 9.26 Å². The van der Waals surface area contributed by atoms with E-state index < -0.39 is 5.91 Å². The third-order valence-corrected chi connectivity index (χ3v) is 4.14. The Bertz CT molecular complexity index is 1010. The molecule has 0 unspecified atom stereocenters. The van der Waals surface area contributed by atoms with Gasteiger partial charge in [0.25, 0.3) is 11.7 Å². The van der Waals surface area contributed by atoms with E-state index in [9.17, 15) is 4.79 Å². The Labute approximate surface area is 157 Å². The van der Waals surface area contributed by atoms with Crippen molar-refractivity contribution in [2.45, 2.75) is 11.2 Å². The minimum atomic E-state index is -0.401. The van der Waals surface area contributed by atoms with E-state index in [0.29, 0.717) is 24.1 Å². The van der Waals surface area contributed by atoms with Crippen molar-refractivity contribution in [3.63, 3.8) is 0 Å². The van der Waals surface area contributed by atoms with Crippen LogP contribution < -0.4 is 10.1 Å². The highest BCUT2D eigenvalue weighted by molar-refractivity contribution is 6.58. The predicted octanol–water partition coefficient (Wildman–Crippen LogP) is -2.87. The molecule has 0 aliphatic carbocycles. The van der Waals surface area contributed by atoms with Crippen molar-refractivity contribution in [2.75, 3.05) is 6.61 Å². The summed E-state index contributed by atoms with van der Waals surface area (Å²) < 4.78 is 11.1. The topological polar surface area (TPSA) is 121 Å². The van der Waals surface area contributed by atoms with Gasteiger partial charge in [0.2, 0.25) is 11.7 Å². The van der Waals surface area contributed by atoms with E-state index in [-0.39, 0.29) is 17.0 Å². The predicted molar refractivity (Wildman–Crippen MR) is 102 cm³/mol. The summed E-state index contributed by atoms with van der Waals surface area (Å²) in [6, 6.07) is 5.32. The summed E-state index contributed by atoms with van der Waals surface area (Å²) in [7, 11) is 7.63. The van der Waals surface area contributed by atoms with Gasteiger partial charge in [0.15, 0.2) is 0 Å². The lowest BCUT2D eigenvalue weighted by atomic mass is 9.42. The van der Waals surface area contributed by atoms with Crippen molar-refractivity contribution in [2.24, 2.45) is 7.05 Å². The molecule has 1 aromatic carbocycles. The first-order valence-corrected chi connectivity index (χ1v) is 8.47. The standard InChI is InChI=1S/C14H16B3N7O3/c1-24-21-11(20-23-24)12(25)18-8-5-26-9-4-6(2-3-7(8)9)10-19-13(27-22-10)14(15,16)17/h2-4,8H,5,15-17H2,1H3,(H,18,25)/t8-/m1/s1. The van der Waals surface area contributed by atoms with Crippen LogP contribution in [0.3, 0.4) is 0 Å². The molecule has 0 saturated heterocycles. The molecule has 1 aliphatic rings. The van der Waals surface area contributed by atoms with Gasteiger partial charge in [-0.2, -0.15) is 9.78 Å². The minimum Gasteiger partial charge on any atom is -0.491 e. The SMILES string of the molecule is BC(B)(B)c1nc(-c2ccc3c(c2)OC[C@H]3NC(=O)c2nnn(C)n2)no1. The molecular weight excluding hydrogens is 347 g/mol. The number of aryl methyl sites for hydroxylation is 1. The molecule has 0 spiro atoms. The highest BCUT2D eigenvalue weighted by Crippen LogP contribution is 2.35. The van der Waals surface area contributed by atoms with Gasteiger partial charge in [0.1, 0.15) is 35.9 Å². The molecule has 10 nitrogen and oxygen atoms in total. The number of carbonyl (C=O) groups is 1. The maximum absolute atomic E-state index is 12.2. The van der Waals surface area contributed by atoms with Gasteiger partial charge in [-0.05, 0) is 16.4 Å². The number of hydrogen-bond donors (Lipinski definition) is 1. The van der Waals surface area contributed by atoms with Crippen molar-refractivity contribution in [1.82, 2.24) is 35.7 Å². The van der Waals surface area contributed by atoms with E-state index in [1.54, 1.807) is 7.05 Å². The second kappa shape index (κ2) is 6.25. The number of ether oxygens (including phenoxy) is 1. The highest BCUT2D eigenvalue weighted by atomic mass is 16.5. The summed E-state index contributed by atoms with van der Waals surface area (Å²) in [5, 5.41) is 18.0. The number of rotatable bonds is 4. The quantitative estimate of drug-likeness (QED) is 0.492. The zero-order chi connectivity index (χ0) is 19.2. The normalized spacial score (nSPS) is 16.0. The molecule has 27 heavy (non-hydrogen) atoms. The molecule has 13 heteroatoms. The first kappa shape index (κ1) is 17.3. The van der Waals surface area contributed by atoms with E-state index in [0.717, 1.165) is 11.1 Å². The van der Waals surface area contributed by atoms with Crippen LogP contribution in [0.2, 0.25) is 0 Å². The van der Waals surface area contributed by atoms with Gasteiger partial charge in [-0.1, -0.05) is 17.3 Å². The molecule has 4 rings (SSSR count). The van der Waals surface area contributed by atoms with Gasteiger partial charge in [-0.3, -0.25) is 4.79 Å². The second-order valence-corrected chi connectivity index (χ2v) is 7.37. The van der Waals surface area contributed by atoms with Crippen molar-refractivity contribution in [1.29, 1.82) is 0 Å². The summed E-state index contributed by atoms with van der Waals surface area (Å²) in [5.41, 5.74) is 1.66. The Hall–Kier alpha value is -3.11. The number of benzene rings is 1. The fraction of sp³-hybridized carbons (Fsp3) is 0.286. The summed E-state index contributed by atoms with van der Waals surface area (Å²) in [6.07, 6.45) is 0. The van der Waals surface area contributed by atoms with Gasteiger partial charge in [0.05, 0.1) is 13.1 Å². The molecule has 3 aromatic rings. The molecule has 0 fully saturated rings. The van der Waals surface area contributed by atoms with Gasteiger partial charge >= 0.3 is 0 Å². The van der Waals surface area contributed by atoms with Crippen LogP contribution in [0, 0.1) is 0 Å². The van der Waals surface area contributed by atoms with Crippen LogP contribution >= 0.6 is 0 Å². The third kappa shape index (κ3) is 3.32. The highest BCUT2D eigenvalue weighted by Gasteiger charge is 2.28. The lowest BCUT2D eigenvalue weighted by molar-refractivity contribution is 0.0919. The Morgan fingerprint density at radius 3 is 2.85 bits per heavy atom. The molecule has 1 amide bonds. The van der Waals surface area contributed by atoms with Gasteiger partial charge in [-0.15, -0.1) is 10.2 Å². The van der Waals surface area contributed by atoms with E-state index in [2.05, 4.69) is 30.9 Å². The molecule has 0 radical (unpaired) electrons. The maximum Gasteiger partial charge on any atom is 0.293 e. The van der Waals surface area contributed by atoms with Gasteiger partial charge in [-0.25, -0.2) is 0 Å². The first-order chi connectivity index (χ1) is 12.8. The number of amides is 1. The van der Waals surface area contributed by atoms with Crippen molar-refractivity contribution < 1.29 is 14.1 Å². The molecule has 1 atom stereocenters. The summed E-state index contributed by atoms with van der Waals surface area (Å²) in [6.45, 7) is 0.324. The Kier molecular flexibility index (Phi) is 4.01. The largest absolute Gasteiger partial charge is 0.491 e. The number of aromatic nitrogens is 6. The Morgan fingerprint density at radius 2 is 2.19 bits per heavy atom. The number of tetrazole rings is 1. The van der Waals surface area contributed by atoms with E-state index in [1.165, 1.54) is 4.80 Å². The smallest absolute Gasteiger partial charge is 0.293 e. The number of fused-ring (bicyclic) bond motifs is 1. The van der Waals surface area contributed by atoms with Gasteiger partial charge in [0, 0.05) is 11.1 Å². The monoisotopic (exact) mass is 363 g/mol. The lowest BCUT2D eigenvalue weighted by Gasteiger charge is -2.10. The first-order valence-electron chi connectivity index (χ1n) is 8.47. The fourth-order valence-corrected chi connectivity index (χ4v) is 2.71. The number of nitrogens with one attached hydrogen (secondary N) is 1.